The molecule has 110 valence electrons. The Morgan fingerprint density at radius 1 is 1.20 bits per heavy atom. The van der Waals surface area contributed by atoms with E-state index in [0.717, 1.165) is 24.0 Å². The van der Waals surface area contributed by atoms with Crippen molar-refractivity contribution in [3.63, 3.8) is 0 Å². The number of halogens is 1. The first kappa shape index (κ1) is 14.4. The Labute approximate surface area is 127 Å². The summed E-state index contributed by atoms with van der Waals surface area (Å²) in [6.45, 7) is 5.83. The van der Waals surface area contributed by atoms with E-state index in [2.05, 4.69) is 28.4 Å². The summed E-state index contributed by atoms with van der Waals surface area (Å²) < 4.78 is 0. The largest absolute Gasteiger partial charge is 0.314 e. The lowest BCUT2D eigenvalue weighted by molar-refractivity contribution is 0.205. The summed E-state index contributed by atoms with van der Waals surface area (Å²) >= 11 is 6.21. The summed E-state index contributed by atoms with van der Waals surface area (Å²) in [7, 11) is 0. The lowest BCUT2D eigenvalue weighted by atomic mass is 9.84. The minimum Gasteiger partial charge on any atom is -0.314 e. The zero-order valence-electron chi connectivity index (χ0n) is 12.2. The average Bonchev–Trinajstić information content (AvgIpc) is 3.00. The van der Waals surface area contributed by atoms with Crippen LogP contribution in [0, 0.1) is 5.92 Å². The molecule has 2 nitrogen and oxygen atoms in total. The van der Waals surface area contributed by atoms with Crippen molar-refractivity contribution in [1.29, 1.82) is 0 Å². The van der Waals surface area contributed by atoms with E-state index in [0.29, 0.717) is 5.92 Å². The van der Waals surface area contributed by atoms with Crippen molar-refractivity contribution in [1.82, 2.24) is 10.2 Å². The van der Waals surface area contributed by atoms with E-state index in [1.165, 1.54) is 50.9 Å². The van der Waals surface area contributed by atoms with Crippen molar-refractivity contribution in [2.24, 2.45) is 5.92 Å². The number of piperazine rings is 1. The van der Waals surface area contributed by atoms with Gasteiger partial charge in [0, 0.05) is 37.7 Å². The number of nitrogens with zero attached hydrogens (tertiary/aromatic N) is 1. The van der Waals surface area contributed by atoms with Gasteiger partial charge in [-0.15, -0.1) is 0 Å². The first-order valence-corrected chi connectivity index (χ1v) is 8.39. The van der Waals surface area contributed by atoms with Gasteiger partial charge in [0.2, 0.25) is 0 Å². The van der Waals surface area contributed by atoms with Gasteiger partial charge in [-0.3, -0.25) is 0 Å². The predicted octanol–water partition coefficient (Wildman–Crippen LogP) is 3.52. The monoisotopic (exact) mass is 292 g/mol. The zero-order chi connectivity index (χ0) is 13.8. The van der Waals surface area contributed by atoms with Crippen LogP contribution in [0.4, 0.5) is 0 Å². The molecule has 0 bridgehead atoms. The predicted molar refractivity (Wildman–Crippen MR) is 85.5 cm³/mol. The fourth-order valence-electron chi connectivity index (χ4n) is 3.80. The molecule has 1 aliphatic heterocycles. The number of benzene rings is 1. The first-order chi connectivity index (χ1) is 9.83. The Morgan fingerprint density at radius 2 is 1.95 bits per heavy atom. The number of hydrogen-bond acceptors (Lipinski definition) is 2. The second-order valence-electron chi connectivity index (χ2n) is 6.26. The summed E-state index contributed by atoms with van der Waals surface area (Å²) in [5, 5.41) is 4.32. The van der Waals surface area contributed by atoms with Crippen molar-refractivity contribution in [2.45, 2.75) is 31.6 Å². The first-order valence-electron chi connectivity index (χ1n) is 8.01. The maximum Gasteiger partial charge on any atom is 0.0408 e. The highest BCUT2D eigenvalue weighted by molar-refractivity contribution is 6.30. The molecule has 3 heteroatoms. The smallest absolute Gasteiger partial charge is 0.0408 e. The highest BCUT2D eigenvalue weighted by Gasteiger charge is 2.28. The van der Waals surface area contributed by atoms with Gasteiger partial charge in [-0.05, 0) is 42.4 Å². The average molecular weight is 293 g/mol. The van der Waals surface area contributed by atoms with E-state index in [9.17, 15) is 0 Å². The molecule has 0 spiro atoms. The summed E-state index contributed by atoms with van der Waals surface area (Å²) in [6, 6.07) is 8.56. The van der Waals surface area contributed by atoms with Crippen LogP contribution in [0.5, 0.6) is 0 Å². The Balaban J connectivity index is 1.75. The van der Waals surface area contributed by atoms with Gasteiger partial charge in [-0.2, -0.15) is 0 Å². The molecule has 20 heavy (non-hydrogen) atoms. The molecular weight excluding hydrogens is 268 g/mol. The van der Waals surface area contributed by atoms with E-state index >= 15 is 0 Å². The van der Waals surface area contributed by atoms with Crippen LogP contribution in [0.25, 0.3) is 0 Å². The topological polar surface area (TPSA) is 15.3 Å². The van der Waals surface area contributed by atoms with Crippen molar-refractivity contribution in [2.75, 3.05) is 32.7 Å². The van der Waals surface area contributed by atoms with Crippen molar-refractivity contribution >= 4 is 11.6 Å². The molecule has 0 amide bonds. The molecule has 1 heterocycles. The van der Waals surface area contributed by atoms with Gasteiger partial charge in [-0.1, -0.05) is 36.6 Å². The third-order valence-corrected chi connectivity index (χ3v) is 5.15. The van der Waals surface area contributed by atoms with Gasteiger partial charge in [0.25, 0.3) is 0 Å². The molecule has 1 aromatic carbocycles. The van der Waals surface area contributed by atoms with Crippen LogP contribution in [0.3, 0.4) is 0 Å². The van der Waals surface area contributed by atoms with E-state index in [1.807, 2.05) is 6.07 Å². The van der Waals surface area contributed by atoms with Crippen LogP contribution in [-0.4, -0.2) is 37.6 Å². The summed E-state index contributed by atoms with van der Waals surface area (Å²) in [5.41, 5.74) is 1.45. The molecule has 1 N–H and O–H groups in total. The maximum atomic E-state index is 6.21. The standard InChI is InChI=1S/C17H25ClN2/c18-16-7-3-6-15(12-16)17(14-4-1-2-5-14)13-20-10-8-19-9-11-20/h3,6-7,12,14,17,19H,1-2,4-5,8-11,13H2/t17-/m1/s1. The highest BCUT2D eigenvalue weighted by atomic mass is 35.5. The van der Waals surface area contributed by atoms with Crippen LogP contribution in [0.2, 0.25) is 5.02 Å². The Morgan fingerprint density at radius 3 is 2.65 bits per heavy atom. The van der Waals surface area contributed by atoms with Gasteiger partial charge < -0.3 is 10.2 Å². The van der Waals surface area contributed by atoms with Crippen molar-refractivity contribution in [3.05, 3.63) is 34.9 Å². The summed E-state index contributed by atoms with van der Waals surface area (Å²) in [4.78, 5) is 2.63. The van der Waals surface area contributed by atoms with Crippen LogP contribution < -0.4 is 5.32 Å². The molecule has 3 rings (SSSR count). The normalized spacial score (nSPS) is 23.1. The SMILES string of the molecule is Clc1cccc([C@H](CN2CCNCC2)C2CCCC2)c1. The van der Waals surface area contributed by atoms with E-state index in [1.54, 1.807) is 0 Å². The summed E-state index contributed by atoms with van der Waals surface area (Å²) in [6.07, 6.45) is 5.60. The maximum absolute atomic E-state index is 6.21. The van der Waals surface area contributed by atoms with Crippen LogP contribution in [0.15, 0.2) is 24.3 Å². The lowest BCUT2D eigenvalue weighted by Crippen LogP contribution is -2.45. The van der Waals surface area contributed by atoms with E-state index < -0.39 is 0 Å². The fraction of sp³-hybridized carbons (Fsp3) is 0.647. The summed E-state index contributed by atoms with van der Waals surface area (Å²) in [5.74, 6) is 1.51. The lowest BCUT2D eigenvalue weighted by Gasteiger charge is -2.33. The second-order valence-corrected chi connectivity index (χ2v) is 6.69. The van der Waals surface area contributed by atoms with Crippen LogP contribution >= 0.6 is 11.6 Å². The molecule has 1 saturated heterocycles. The molecule has 0 unspecified atom stereocenters. The molecule has 1 saturated carbocycles. The van der Waals surface area contributed by atoms with Gasteiger partial charge in [0.05, 0.1) is 0 Å². The molecule has 0 aromatic heterocycles. The number of rotatable bonds is 4. The molecule has 1 aromatic rings. The molecule has 1 atom stereocenters. The third-order valence-electron chi connectivity index (χ3n) is 4.91. The van der Waals surface area contributed by atoms with Crippen molar-refractivity contribution in [3.8, 4) is 0 Å². The fourth-order valence-corrected chi connectivity index (χ4v) is 3.99. The molecule has 2 fully saturated rings. The van der Waals surface area contributed by atoms with Gasteiger partial charge in [-0.25, -0.2) is 0 Å². The van der Waals surface area contributed by atoms with Crippen LogP contribution in [-0.2, 0) is 0 Å². The molecular formula is C17H25ClN2. The Hall–Kier alpha value is -0.570. The third kappa shape index (κ3) is 3.55. The molecule has 0 radical (unpaired) electrons. The highest BCUT2D eigenvalue weighted by Crippen LogP contribution is 2.38. The number of hydrogen-bond donors (Lipinski definition) is 1. The molecule has 2 aliphatic rings. The Bertz CT molecular complexity index is 423. The van der Waals surface area contributed by atoms with E-state index in [4.69, 9.17) is 11.6 Å². The quantitative estimate of drug-likeness (QED) is 0.913. The van der Waals surface area contributed by atoms with Crippen molar-refractivity contribution < 1.29 is 0 Å². The van der Waals surface area contributed by atoms with Crippen LogP contribution in [0.1, 0.15) is 37.2 Å². The van der Waals surface area contributed by atoms with Gasteiger partial charge in [0.1, 0.15) is 0 Å². The van der Waals surface area contributed by atoms with E-state index in [-0.39, 0.29) is 0 Å². The minimum absolute atomic E-state index is 0.661. The Kier molecular flexibility index (Phi) is 4.98. The van der Waals surface area contributed by atoms with Gasteiger partial charge in [0.15, 0.2) is 0 Å². The molecule has 1 aliphatic carbocycles. The zero-order valence-corrected chi connectivity index (χ0v) is 12.9. The van der Waals surface area contributed by atoms with Gasteiger partial charge >= 0.3 is 0 Å². The second kappa shape index (κ2) is 6.93. The number of nitrogens with one attached hydrogen (secondary N) is 1. The minimum atomic E-state index is 0.661.